The molecule has 0 saturated heterocycles. The van der Waals surface area contributed by atoms with Crippen molar-refractivity contribution in [2.75, 3.05) is 12.9 Å². The maximum atomic E-state index is 12.0. The zero-order chi connectivity index (χ0) is 13.4. The molecule has 0 aromatic rings. The third-order valence-electron chi connectivity index (χ3n) is 3.88. The van der Waals surface area contributed by atoms with Gasteiger partial charge in [-0.05, 0) is 31.9 Å². The van der Waals surface area contributed by atoms with Gasteiger partial charge in [-0.2, -0.15) is 11.8 Å². The molecule has 0 aromatic carbocycles. The van der Waals surface area contributed by atoms with Crippen molar-refractivity contribution in [3.8, 4) is 0 Å². The minimum Gasteiger partial charge on any atom is -0.395 e. The van der Waals surface area contributed by atoms with Crippen LogP contribution in [0.2, 0.25) is 0 Å². The van der Waals surface area contributed by atoms with Gasteiger partial charge in [0.15, 0.2) is 0 Å². The van der Waals surface area contributed by atoms with E-state index < -0.39 is 0 Å². The average Bonchev–Trinajstić information content (AvgIpc) is 2.59. The van der Waals surface area contributed by atoms with E-state index in [1.165, 1.54) is 38.5 Å². The van der Waals surface area contributed by atoms with Gasteiger partial charge in [-0.1, -0.05) is 25.7 Å². The molecule has 1 aliphatic carbocycles. The van der Waals surface area contributed by atoms with Crippen LogP contribution >= 0.6 is 11.8 Å². The van der Waals surface area contributed by atoms with Crippen LogP contribution in [0.25, 0.3) is 0 Å². The van der Waals surface area contributed by atoms with Gasteiger partial charge in [-0.3, -0.25) is 4.79 Å². The Labute approximate surface area is 115 Å². The molecule has 0 spiro atoms. The molecule has 2 atom stereocenters. The van der Waals surface area contributed by atoms with Crippen molar-refractivity contribution in [3.63, 3.8) is 0 Å². The molecule has 2 unspecified atom stereocenters. The molecular formula is C14H27NO2S. The highest BCUT2D eigenvalue weighted by atomic mass is 32.2. The third-order valence-corrected chi connectivity index (χ3v) is 5.04. The zero-order valence-electron chi connectivity index (χ0n) is 11.7. The van der Waals surface area contributed by atoms with Crippen LogP contribution < -0.4 is 5.32 Å². The fourth-order valence-corrected chi connectivity index (χ4v) is 3.30. The van der Waals surface area contributed by atoms with Crippen molar-refractivity contribution < 1.29 is 9.90 Å². The van der Waals surface area contributed by atoms with Crippen LogP contribution in [-0.4, -0.2) is 35.2 Å². The van der Waals surface area contributed by atoms with Gasteiger partial charge in [0.1, 0.15) is 0 Å². The molecule has 3 nitrogen and oxygen atoms in total. The number of thioether (sulfide) groups is 1. The number of aliphatic hydroxyl groups is 1. The van der Waals surface area contributed by atoms with Gasteiger partial charge >= 0.3 is 0 Å². The van der Waals surface area contributed by atoms with Gasteiger partial charge in [-0.15, -0.1) is 0 Å². The van der Waals surface area contributed by atoms with Crippen LogP contribution in [0.15, 0.2) is 0 Å². The van der Waals surface area contributed by atoms with Crippen molar-refractivity contribution in [2.24, 2.45) is 5.92 Å². The summed E-state index contributed by atoms with van der Waals surface area (Å²) >= 11 is 1.60. The second-order valence-corrected chi connectivity index (χ2v) is 6.45. The highest BCUT2D eigenvalue weighted by molar-refractivity contribution is 7.99. The van der Waals surface area contributed by atoms with E-state index in [1.54, 1.807) is 11.8 Å². The fraction of sp³-hybridized carbons (Fsp3) is 0.929. The number of hydrogen-bond donors (Lipinski definition) is 2. The first-order valence-electron chi connectivity index (χ1n) is 7.10. The molecule has 1 saturated carbocycles. The van der Waals surface area contributed by atoms with Crippen LogP contribution in [0.1, 0.15) is 51.9 Å². The summed E-state index contributed by atoms with van der Waals surface area (Å²) < 4.78 is 0. The Morgan fingerprint density at radius 2 is 1.94 bits per heavy atom. The van der Waals surface area contributed by atoms with Crippen LogP contribution in [0.5, 0.6) is 0 Å². The lowest BCUT2D eigenvalue weighted by molar-refractivity contribution is -0.122. The van der Waals surface area contributed by atoms with Crippen molar-refractivity contribution in [2.45, 2.75) is 63.2 Å². The zero-order valence-corrected chi connectivity index (χ0v) is 12.5. The van der Waals surface area contributed by atoms with E-state index in [2.05, 4.69) is 5.32 Å². The number of aliphatic hydroxyl groups excluding tert-OH is 1. The van der Waals surface area contributed by atoms with Crippen LogP contribution in [0, 0.1) is 5.92 Å². The summed E-state index contributed by atoms with van der Waals surface area (Å²) in [5.41, 5.74) is 0. The third kappa shape index (κ3) is 5.61. The molecule has 1 aliphatic rings. The SMILES string of the molecule is CSC(CO)C(C)NC(=O)CC1CCCCCC1. The summed E-state index contributed by atoms with van der Waals surface area (Å²) in [5.74, 6) is 0.725. The molecule has 18 heavy (non-hydrogen) atoms. The molecule has 0 radical (unpaired) electrons. The second-order valence-electron chi connectivity index (χ2n) is 5.37. The van der Waals surface area contributed by atoms with Gasteiger partial charge in [-0.25, -0.2) is 0 Å². The van der Waals surface area contributed by atoms with Gasteiger partial charge in [0, 0.05) is 17.7 Å². The van der Waals surface area contributed by atoms with Crippen LogP contribution in [-0.2, 0) is 4.79 Å². The Morgan fingerprint density at radius 1 is 1.33 bits per heavy atom. The Balaban J connectivity index is 2.31. The van der Waals surface area contributed by atoms with E-state index >= 15 is 0 Å². The first-order valence-corrected chi connectivity index (χ1v) is 8.39. The highest BCUT2D eigenvalue weighted by Crippen LogP contribution is 2.25. The van der Waals surface area contributed by atoms with Crippen molar-refractivity contribution in [1.29, 1.82) is 0 Å². The van der Waals surface area contributed by atoms with Crippen molar-refractivity contribution in [3.05, 3.63) is 0 Å². The quantitative estimate of drug-likeness (QED) is 0.731. The summed E-state index contributed by atoms with van der Waals surface area (Å²) in [6, 6.07) is 0.0447. The average molecular weight is 273 g/mol. The molecule has 0 bridgehead atoms. The largest absolute Gasteiger partial charge is 0.395 e. The normalized spacial score (nSPS) is 21.1. The van der Waals surface area contributed by atoms with Gasteiger partial charge < -0.3 is 10.4 Å². The lowest BCUT2D eigenvalue weighted by atomic mass is 9.96. The second kappa shape index (κ2) is 8.81. The summed E-state index contributed by atoms with van der Waals surface area (Å²) in [6.07, 6.45) is 10.2. The molecule has 0 heterocycles. The fourth-order valence-electron chi connectivity index (χ4n) is 2.67. The molecule has 106 valence electrons. The predicted octanol–water partition coefficient (Wildman–Crippen LogP) is 2.58. The summed E-state index contributed by atoms with van der Waals surface area (Å²) in [4.78, 5) is 12.0. The molecule has 4 heteroatoms. The molecule has 2 N–H and O–H groups in total. The smallest absolute Gasteiger partial charge is 0.220 e. The number of carbonyl (C=O) groups is 1. The molecule has 0 aromatic heterocycles. The maximum absolute atomic E-state index is 12.0. The molecular weight excluding hydrogens is 246 g/mol. The maximum Gasteiger partial charge on any atom is 0.220 e. The van der Waals surface area contributed by atoms with Crippen LogP contribution in [0.4, 0.5) is 0 Å². The standard InChI is InChI=1S/C14H27NO2S/c1-11(13(10-16)18-2)15-14(17)9-12-7-5-3-4-6-8-12/h11-13,16H,3-10H2,1-2H3,(H,15,17). The summed E-state index contributed by atoms with van der Waals surface area (Å²) in [5, 5.41) is 12.3. The predicted molar refractivity (Wildman–Crippen MR) is 77.8 cm³/mol. The summed E-state index contributed by atoms with van der Waals surface area (Å²) in [6.45, 7) is 2.09. The Morgan fingerprint density at radius 3 is 2.44 bits per heavy atom. The molecule has 0 aliphatic heterocycles. The number of amides is 1. The van der Waals surface area contributed by atoms with E-state index in [9.17, 15) is 9.90 Å². The monoisotopic (exact) mass is 273 g/mol. The van der Waals surface area contributed by atoms with E-state index in [0.29, 0.717) is 12.3 Å². The van der Waals surface area contributed by atoms with Crippen molar-refractivity contribution >= 4 is 17.7 Å². The first kappa shape index (κ1) is 15.8. The Bertz CT molecular complexity index is 230. The number of nitrogens with one attached hydrogen (secondary N) is 1. The topological polar surface area (TPSA) is 49.3 Å². The number of rotatable bonds is 6. The molecule has 1 fully saturated rings. The van der Waals surface area contributed by atoms with Gasteiger partial charge in [0.05, 0.1) is 6.61 Å². The van der Waals surface area contributed by atoms with E-state index in [4.69, 9.17) is 0 Å². The van der Waals surface area contributed by atoms with Gasteiger partial charge in [0.2, 0.25) is 5.91 Å². The lowest BCUT2D eigenvalue weighted by Crippen LogP contribution is -2.41. The van der Waals surface area contributed by atoms with E-state index in [1.807, 2.05) is 13.2 Å². The Kier molecular flexibility index (Phi) is 7.75. The minimum atomic E-state index is 0.0447. The van der Waals surface area contributed by atoms with Gasteiger partial charge in [0.25, 0.3) is 0 Å². The summed E-state index contributed by atoms with van der Waals surface area (Å²) in [7, 11) is 0. The van der Waals surface area contributed by atoms with E-state index in [-0.39, 0.29) is 23.8 Å². The lowest BCUT2D eigenvalue weighted by Gasteiger charge is -2.22. The van der Waals surface area contributed by atoms with E-state index in [0.717, 1.165) is 0 Å². The molecule has 1 rings (SSSR count). The molecule has 1 amide bonds. The first-order chi connectivity index (χ1) is 8.67. The minimum absolute atomic E-state index is 0.0447. The number of hydrogen-bond acceptors (Lipinski definition) is 3. The highest BCUT2D eigenvalue weighted by Gasteiger charge is 2.20. The number of carbonyl (C=O) groups excluding carboxylic acids is 1. The Hall–Kier alpha value is -0.220. The van der Waals surface area contributed by atoms with Crippen LogP contribution in [0.3, 0.4) is 0 Å². The van der Waals surface area contributed by atoms with Crippen molar-refractivity contribution in [1.82, 2.24) is 5.32 Å².